The van der Waals surface area contributed by atoms with Crippen LogP contribution in [0.1, 0.15) is 30.6 Å². The van der Waals surface area contributed by atoms with Crippen molar-refractivity contribution in [1.82, 2.24) is 5.32 Å². The van der Waals surface area contributed by atoms with Gasteiger partial charge in [-0.3, -0.25) is 4.79 Å². The van der Waals surface area contributed by atoms with Crippen molar-refractivity contribution in [2.75, 3.05) is 6.61 Å². The van der Waals surface area contributed by atoms with Gasteiger partial charge in [-0.1, -0.05) is 6.07 Å². The summed E-state index contributed by atoms with van der Waals surface area (Å²) >= 11 is 0. The van der Waals surface area contributed by atoms with Crippen LogP contribution in [0.2, 0.25) is 0 Å². The molecule has 1 amide bonds. The number of aromatic carboxylic acids is 1. The zero-order valence-electron chi connectivity index (χ0n) is 10.5. The van der Waals surface area contributed by atoms with Crippen molar-refractivity contribution in [3.63, 3.8) is 0 Å². The molecule has 1 aromatic carbocycles. The fourth-order valence-electron chi connectivity index (χ4n) is 1.37. The van der Waals surface area contributed by atoms with E-state index in [0.29, 0.717) is 5.75 Å². The van der Waals surface area contributed by atoms with Crippen molar-refractivity contribution in [3.8, 4) is 5.75 Å². The van der Waals surface area contributed by atoms with Crippen LogP contribution in [0.25, 0.3) is 0 Å². The van der Waals surface area contributed by atoms with E-state index in [1.807, 2.05) is 13.8 Å². The second-order valence-corrected chi connectivity index (χ2v) is 4.15. The van der Waals surface area contributed by atoms with E-state index < -0.39 is 5.97 Å². The lowest BCUT2D eigenvalue weighted by Gasteiger charge is -2.09. The van der Waals surface area contributed by atoms with Crippen LogP contribution in [0.5, 0.6) is 5.75 Å². The summed E-state index contributed by atoms with van der Waals surface area (Å²) in [6, 6.07) is 6.29. The molecule has 1 rings (SSSR count). The van der Waals surface area contributed by atoms with Gasteiger partial charge < -0.3 is 15.2 Å². The van der Waals surface area contributed by atoms with Crippen LogP contribution in [0.4, 0.5) is 0 Å². The number of ether oxygens (including phenoxy) is 1. The molecule has 5 heteroatoms. The van der Waals surface area contributed by atoms with Crippen molar-refractivity contribution < 1.29 is 19.4 Å². The van der Waals surface area contributed by atoms with Crippen molar-refractivity contribution >= 4 is 11.9 Å². The van der Waals surface area contributed by atoms with E-state index in [1.165, 1.54) is 12.1 Å². The second-order valence-electron chi connectivity index (χ2n) is 4.15. The maximum atomic E-state index is 11.3. The first-order valence-electron chi connectivity index (χ1n) is 5.74. The highest BCUT2D eigenvalue weighted by molar-refractivity contribution is 5.88. The highest BCUT2D eigenvalue weighted by atomic mass is 16.5. The van der Waals surface area contributed by atoms with Gasteiger partial charge in [0.15, 0.2) is 0 Å². The number of rotatable bonds is 6. The molecule has 1 aromatic rings. The standard InChI is InChI=1S/C13H17NO4/c1-9(2)14-12(15)6-7-18-11-5-3-4-10(8-11)13(16)17/h3-5,8-9H,6-7H2,1-2H3,(H,14,15)(H,16,17). The Kier molecular flexibility index (Phi) is 5.17. The zero-order valence-corrected chi connectivity index (χ0v) is 10.5. The van der Waals surface area contributed by atoms with Crippen LogP contribution in [-0.2, 0) is 4.79 Å². The van der Waals surface area contributed by atoms with E-state index in [9.17, 15) is 9.59 Å². The summed E-state index contributed by atoms with van der Waals surface area (Å²) in [4.78, 5) is 22.1. The first-order valence-corrected chi connectivity index (χ1v) is 5.74. The van der Waals surface area contributed by atoms with Crippen molar-refractivity contribution in [3.05, 3.63) is 29.8 Å². The number of hydrogen-bond donors (Lipinski definition) is 2. The summed E-state index contributed by atoms with van der Waals surface area (Å²) in [7, 11) is 0. The molecule has 0 fully saturated rings. The first-order chi connectivity index (χ1) is 8.49. The van der Waals surface area contributed by atoms with Gasteiger partial charge in [-0.25, -0.2) is 4.79 Å². The average Bonchev–Trinajstić information content (AvgIpc) is 2.28. The number of amides is 1. The highest BCUT2D eigenvalue weighted by Crippen LogP contribution is 2.13. The normalized spacial score (nSPS) is 10.2. The molecule has 0 atom stereocenters. The van der Waals surface area contributed by atoms with Crippen LogP contribution < -0.4 is 10.1 Å². The molecule has 5 nitrogen and oxygen atoms in total. The minimum absolute atomic E-state index is 0.0839. The molecule has 0 bridgehead atoms. The molecule has 0 heterocycles. The van der Waals surface area contributed by atoms with Gasteiger partial charge in [0.1, 0.15) is 5.75 Å². The lowest BCUT2D eigenvalue weighted by atomic mass is 10.2. The maximum absolute atomic E-state index is 11.3. The van der Waals surface area contributed by atoms with Crippen molar-refractivity contribution in [2.24, 2.45) is 0 Å². The largest absolute Gasteiger partial charge is 0.493 e. The minimum atomic E-state index is -1.00. The van der Waals surface area contributed by atoms with Gasteiger partial charge >= 0.3 is 5.97 Å². The maximum Gasteiger partial charge on any atom is 0.335 e. The molecule has 0 aromatic heterocycles. The molecule has 0 aliphatic heterocycles. The quantitative estimate of drug-likeness (QED) is 0.806. The van der Waals surface area contributed by atoms with Crippen LogP contribution >= 0.6 is 0 Å². The van der Waals surface area contributed by atoms with Gasteiger partial charge in [-0.2, -0.15) is 0 Å². The van der Waals surface area contributed by atoms with Crippen LogP contribution in [0.15, 0.2) is 24.3 Å². The third-order valence-electron chi connectivity index (χ3n) is 2.13. The Labute approximate surface area is 106 Å². The molecule has 0 spiro atoms. The van der Waals surface area contributed by atoms with Crippen LogP contribution in [0, 0.1) is 0 Å². The number of benzene rings is 1. The summed E-state index contributed by atoms with van der Waals surface area (Å²) in [6.07, 6.45) is 0.246. The summed E-state index contributed by atoms with van der Waals surface area (Å²) in [5.74, 6) is -0.635. The molecule has 0 unspecified atom stereocenters. The van der Waals surface area contributed by atoms with E-state index in [2.05, 4.69) is 5.32 Å². The lowest BCUT2D eigenvalue weighted by molar-refractivity contribution is -0.122. The number of carbonyl (C=O) groups excluding carboxylic acids is 1. The Balaban J connectivity index is 2.42. The highest BCUT2D eigenvalue weighted by Gasteiger charge is 2.06. The number of hydrogen-bond acceptors (Lipinski definition) is 3. The minimum Gasteiger partial charge on any atom is -0.493 e. The van der Waals surface area contributed by atoms with Gasteiger partial charge in [-0.05, 0) is 32.0 Å². The number of carboxylic acids is 1. The van der Waals surface area contributed by atoms with E-state index in [1.54, 1.807) is 12.1 Å². The second kappa shape index (κ2) is 6.64. The Hall–Kier alpha value is -2.04. The van der Waals surface area contributed by atoms with Gasteiger partial charge in [0.05, 0.1) is 18.6 Å². The fourth-order valence-corrected chi connectivity index (χ4v) is 1.37. The monoisotopic (exact) mass is 251 g/mol. The van der Waals surface area contributed by atoms with Crippen LogP contribution in [0.3, 0.4) is 0 Å². The topological polar surface area (TPSA) is 75.6 Å². The number of carboxylic acid groups (broad SMARTS) is 1. The molecular formula is C13H17NO4. The molecule has 18 heavy (non-hydrogen) atoms. The number of carbonyl (C=O) groups is 2. The SMILES string of the molecule is CC(C)NC(=O)CCOc1cccc(C(=O)O)c1. The Bertz CT molecular complexity index is 429. The molecule has 0 saturated heterocycles. The number of nitrogens with one attached hydrogen (secondary N) is 1. The van der Waals surface area contributed by atoms with Gasteiger partial charge in [0, 0.05) is 6.04 Å². The lowest BCUT2D eigenvalue weighted by Crippen LogP contribution is -2.31. The van der Waals surface area contributed by atoms with Gasteiger partial charge in [0.2, 0.25) is 5.91 Å². The summed E-state index contributed by atoms with van der Waals surface area (Å²) in [5, 5.41) is 11.5. The van der Waals surface area contributed by atoms with E-state index >= 15 is 0 Å². The van der Waals surface area contributed by atoms with Crippen molar-refractivity contribution in [2.45, 2.75) is 26.3 Å². The Morgan fingerprint density at radius 1 is 1.39 bits per heavy atom. The fraction of sp³-hybridized carbons (Fsp3) is 0.385. The zero-order chi connectivity index (χ0) is 13.5. The Morgan fingerprint density at radius 3 is 2.72 bits per heavy atom. The smallest absolute Gasteiger partial charge is 0.335 e. The third kappa shape index (κ3) is 4.86. The van der Waals surface area contributed by atoms with E-state index in [0.717, 1.165) is 0 Å². The molecule has 98 valence electrons. The first kappa shape index (κ1) is 14.0. The molecule has 0 aliphatic carbocycles. The molecular weight excluding hydrogens is 234 g/mol. The summed E-state index contributed by atoms with van der Waals surface area (Å²) in [6.45, 7) is 3.99. The Morgan fingerprint density at radius 2 is 2.11 bits per heavy atom. The van der Waals surface area contributed by atoms with Crippen molar-refractivity contribution in [1.29, 1.82) is 0 Å². The molecule has 0 aliphatic rings. The predicted molar refractivity (Wildman–Crippen MR) is 66.8 cm³/mol. The molecule has 2 N–H and O–H groups in total. The molecule has 0 radical (unpaired) electrons. The summed E-state index contributed by atoms with van der Waals surface area (Å²) in [5.41, 5.74) is 0.166. The van der Waals surface area contributed by atoms with E-state index in [4.69, 9.17) is 9.84 Å². The molecule has 0 saturated carbocycles. The van der Waals surface area contributed by atoms with Gasteiger partial charge in [0.25, 0.3) is 0 Å². The van der Waals surface area contributed by atoms with E-state index in [-0.39, 0.29) is 30.5 Å². The van der Waals surface area contributed by atoms with Gasteiger partial charge in [-0.15, -0.1) is 0 Å². The predicted octanol–water partition coefficient (Wildman–Crippen LogP) is 1.68. The third-order valence-corrected chi connectivity index (χ3v) is 2.13. The van der Waals surface area contributed by atoms with Crippen LogP contribution in [-0.4, -0.2) is 29.6 Å². The average molecular weight is 251 g/mol. The summed E-state index contributed by atoms with van der Waals surface area (Å²) < 4.78 is 5.32.